The lowest BCUT2D eigenvalue weighted by atomic mass is 10.1. The van der Waals surface area contributed by atoms with Gasteiger partial charge in [0.15, 0.2) is 0 Å². The number of anilines is 1. The average molecular weight is 304 g/mol. The third-order valence-corrected chi connectivity index (χ3v) is 4.09. The number of rotatable bonds is 9. The van der Waals surface area contributed by atoms with Gasteiger partial charge in [0, 0.05) is 32.3 Å². The quantitative estimate of drug-likeness (QED) is 0.686. The van der Waals surface area contributed by atoms with Crippen molar-refractivity contribution in [3.8, 4) is 0 Å². The Labute approximate surface area is 133 Å². The van der Waals surface area contributed by atoms with E-state index in [0.29, 0.717) is 13.0 Å². The summed E-state index contributed by atoms with van der Waals surface area (Å²) in [5, 5.41) is 3.00. The minimum absolute atomic E-state index is 0.132. The molecule has 1 saturated heterocycles. The second-order valence-electron chi connectivity index (χ2n) is 5.95. The van der Waals surface area contributed by atoms with Crippen LogP contribution >= 0.6 is 0 Å². The van der Waals surface area contributed by atoms with E-state index in [1.165, 1.54) is 12.8 Å². The molecule has 0 aliphatic carbocycles. The summed E-state index contributed by atoms with van der Waals surface area (Å²) in [5.41, 5.74) is 6.57. The number of hydrogen-bond acceptors (Lipinski definition) is 4. The summed E-state index contributed by atoms with van der Waals surface area (Å²) in [6.45, 7) is 3.51. The maximum Gasteiger partial charge on any atom is 0.220 e. The molecule has 22 heavy (non-hydrogen) atoms. The first kappa shape index (κ1) is 16.7. The average Bonchev–Trinajstić information content (AvgIpc) is 3.07. The molecule has 1 aliphatic heterocycles. The molecule has 1 fully saturated rings. The van der Waals surface area contributed by atoms with E-state index in [-0.39, 0.29) is 5.91 Å². The highest BCUT2D eigenvalue weighted by Crippen LogP contribution is 2.18. The summed E-state index contributed by atoms with van der Waals surface area (Å²) in [5.74, 6) is 1.17. The van der Waals surface area contributed by atoms with Crippen LogP contribution in [0.2, 0.25) is 0 Å². The van der Waals surface area contributed by atoms with Crippen molar-refractivity contribution in [2.75, 3.05) is 24.5 Å². The highest BCUT2D eigenvalue weighted by atomic mass is 16.1. The van der Waals surface area contributed by atoms with Gasteiger partial charge < -0.3 is 16.0 Å². The summed E-state index contributed by atoms with van der Waals surface area (Å²) in [4.78, 5) is 18.6. The summed E-state index contributed by atoms with van der Waals surface area (Å²) >= 11 is 0. The van der Waals surface area contributed by atoms with Crippen molar-refractivity contribution < 1.29 is 4.79 Å². The second-order valence-corrected chi connectivity index (χ2v) is 5.95. The molecule has 1 amide bonds. The first-order chi connectivity index (χ1) is 10.8. The van der Waals surface area contributed by atoms with Crippen LogP contribution in [0.25, 0.3) is 0 Å². The van der Waals surface area contributed by atoms with Crippen molar-refractivity contribution in [3.63, 3.8) is 0 Å². The van der Waals surface area contributed by atoms with Gasteiger partial charge in [0.25, 0.3) is 0 Å². The molecular weight excluding hydrogens is 276 g/mol. The van der Waals surface area contributed by atoms with Crippen molar-refractivity contribution >= 4 is 11.7 Å². The molecule has 0 spiro atoms. The number of amides is 1. The number of nitrogens with one attached hydrogen (secondary N) is 1. The van der Waals surface area contributed by atoms with Crippen LogP contribution in [0.1, 0.15) is 50.5 Å². The zero-order valence-electron chi connectivity index (χ0n) is 13.4. The van der Waals surface area contributed by atoms with Gasteiger partial charge in [0.05, 0.1) is 0 Å². The molecule has 1 aliphatic rings. The van der Waals surface area contributed by atoms with Gasteiger partial charge in [-0.25, -0.2) is 4.98 Å². The van der Waals surface area contributed by atoms with Gasteiger partial charge in [-0.05, 0) is 49.9 Å². The van der Waals surface area contributed by atoms with E-state index in [4.69, 9.17) is 5.73 Å². The van der Waals surface area contributed by atoms with Crippen LogP contribution in [0.15, 0.2) is 18.3 Å². The van der Waals surface area contributed by atoms with E-state index >= 15 is 0 Å². The van der Waals surface area contributed by atoms with Crippen LogP contribution in [-0.2, 0) is 11.3 Å². The van der Waals surface area contributed by atoms with Gasteiger partial charge in [0.1, 0.15) is 5.82 Å². The fraction of sp³-hybridized carbons (Fsp3) is 0.647. The standard InChI is InChI=1S/C17H28N4O/c18-9-4-2-1-3-7-17(22)20-14-15-8-10-19-16(13-15)21-11-5-6-12-21/h8,10,13H,1-7,9,11-12,14,18H2,(H,20,22). The number of carbonyl (C=O) groups excluding carboxylic acids is 1. The third kappa shape index (κ3) is 5.64. The highest BCUT2D eigenvalue weighted by Gasteiger charge is 2.13. The lowest BCUT2D eigenvalue weighted by Crippen LogP contribution is -2.23. The Morgan fingerprint density at radius 1 is 1.23 bits per heavy atom. The maximum atomic E-state index is 11.8. The Balaban J connectivity index is 1.69. The smallest absolute Gasteiger partial charge is 0.220 e. The zero-order chi connectivity index (χ0) is 15.6. The monoisotopic (exact) mass is 304 g/mol. The summed E-state index contributed by atoms with van der Waals surface area (Å²) in [6, 6.07) is 4.06. The number of pyridine rings is 1. The van der Waals surface area contributed by atoms with E-state index < -0.39 is 0 Å². The largest absolute Gasteiger partial charge is 0.357 e. The predicted octanol–water partition coefficient (Wildman–Crippen LogP) is 2.21. The van der Waals surface area contributed by atoms with E-state index in [2.05, 4.69) is 21.3 Å². The molecule has 3 N–H and O–H groups in total. The van der Waals surface area contributed by atoms with Crippen LogP contribution in [0.3, 0.4) is 0 Å². The Morgan fingerprint density at radius 3 is 2.77 bits per heavy atom. The number of aromatic nitrogens is 1. The zero-order valence-corrected chi connectivity index (χ0v) is 13.4. The lowest BCUT2D eigenvalue weighted by molar-refractivity contribution is -0.121. The second kappa shape index (κ2) is 9.41. The molecular formula is C17H28N4O. The molecule has 0 unspecified atom stereocenters. The van der Waals surface area contributed by atoms with Crippen molar-refractivity contribution in [2.24, 2.45) is 5.73 Å². The van der Waals surface area contributed by atoms with Gasteiger partial charge in [0.2, 0.25) is 5.91 Å². The number of carbonyl (C=O) groups is 1. The molecule has 5 nitrogen and oxygen atoms in total. The molecule has 0 aromatic carbocycles. The maximum absolute atomic E-state index is 11.8. The Kier molecular flexibility index (Phi) is 7.16. The summed E-state index contributed by atoms with van der Waals surface area (Å²) < 4.78 is 0. The SMILES string of the molecule is NCCCCCCC(=O)NCc1ccnc(N2CCCC2)c1. The molecule has 0 saturated carbocycles. The Bertz CT molecular complexity index is 458. The molecule has 2 heterocycles. The molecule has 1 aromatic heterocycles. The van der Waals surface area contributed by atoms with Crippen molar-refractivity contribution in [2.45, 2.75) is 51.5 Å². The summed E-state index contributed by atoms with van der Waals surface area (Å²) in [7, 11) is 0. The molecule has 5 heteroatoms. The topological polar surface area (TPSA) is 71.2 Å². The van der Waals surface area contributed by atoms with Gasteiger partial charge in [-0.15, -0.1) is 0 Å². The van der Waals surface area contributed by atoms with E-state index in [0.717, 1.165) is 56.7 Å². The molecule has 2 rings (SSSR count). The molecule has 0 bridgehead atoms. The Hall–Kier alpha value is -1.62. The minimum atomic E-state index is 0.132. The van der Waals surface area contributed by atoms with Crippen LogP contribution < -0.4 is 16.0 Å². The van der Waals surface area contributed by atoms with Crippen molar-refractivity contribution in [1.82, 2.24) is 10.3 Å². The minimum Gasteiger partial charge on any atom is -0.357 e. The lowest BCUT2D eigenvalue weighted by Gasteiger charge is -2.17. The Morgan fingerprint density at radius 2 is 2.00 bits per heavy atom. The fourth-order valence-corrected chi connectivity index (χ4v) is 2.76. The molecule has 122 valence electrons. The van der Waals surface area contributed by atoms with Crippen LogP contribution in [-0.4, -0.2) is 30.5 Å². The number of nitrogens with zero attached hydrogens (tertiary/aromatic N) is 2. The van der Waals surface area contributed by atoms with E-state index in [9.17, 15) is 4.79 Å². The third-order valence-electron chi connectivity index (χ3n) is 4.09. The van der Waals surface area contributed by atoms with Gasteiger partial charge in [-0.1, -0.05) is 12.8 Å². The fourth-order valence-electron chi connectivity index (χ4n) is 2.76. The normalized spacial score (nSPS) is 14.3. The summed E-state index contributed by atoms with van der Waals surface area (Å²) in [6.07, 6.45) is 9.13. The van der Waals surface area contributed by atoms with E-state index in [1.54, 1.807) is 0 Å². The number of unbranched alkanes of at least 4 members (excludes halogenated alkanes) is 3. The van der Waals surface area contributed by atoms with Crippen LogP contribution in [0, 0.1) is 0 Å². The number of nitrogens with two attached hydrogens (primary N) is 1. The molecule has 0 atom stereocenters. The molecule has 1 aromatic rings. The molecule has 0 radical (unpaired) electrons. The first-order valence-corrected chi connectivity index (χ1v) is 8.46. The number of hydrogen-bond donors (Lipinski definition) is 2. The van der Waals surface area contributed by atoms with Crippen LogP contribution in [0.4, 0.5) is 5.82 Å². The highest BCUT2D eigenvalue weighted by molar-refractivity contribution is 5.75. The predicted molar refractivity (Wildman–Crippen MR) is 89.7 cm³/mol. The van der Waals surface area contributed by atoms with Gasteiger partial charge in [-0.3, -0.25) is 4.79 Å². The first-order valence-electron chi connectivity index (χ1n) is 8.46. The van der Waals surface area contributed by atoms with Gasteiger partial charge >= 0.3 is 0 Å². The van der Waals surface area contributed by atoms with Gasteiger partial charge in [-0.2, -0.15) is 0 Å². The van der Waals surface area contributed by atoms with Crippen molar-refractivity contribution in [3.05, 3.63) is 23.9 Å². The van der Waals surface area contributed by atoms with Crippen molar-refractivity contribution in [1.29, 1.82) is 0 Å². The van der Waals surface area contributed by atoms with E-state index in [1.807, 2.05) is 12.3 Å². The van der Waals surface area contributed by atoms with Crippen LogP contribution in [0.5, 0.6) is 0 Å².